The van der Waals surface area contributed by atoms with Crippen molar-refractivity contribution in [3.8, 4) is 0 Å². The Labute approximate surface area is 288 Å². The lowest BCUT2D eigenvalue weighted by molar-refractivity contribution is -0.145. The molecule has 6 rings (SSSR count). The second-order valence-corrected chi connectivity index (χ2v) is 16.3. The maximum Gasteiger partial charge on any atom is 0.258 e. The Hall–Kier alpha value is -2.78. The molecule has 2 aliphatic carbocycles. The molecule has 10 heteroatoms. The summed E-state index contributed by atoms with van der Waals surface area (Å²) in [5.41, 5.74) is -1.68. The summed E-state index contributed by atoms with van der Waals surface area (Å²) in [4.78, 5) is 73.1. The predicted octanol–water partition coefficient (Wildman–Crippen LogP) is 5.73. The van der Waals surface area contributed by atoms with Crippen LogP contribution < -0.4 is 0 Å². The first-order valence-electron chi connectivity index (χ1n) is 19.4. The van der Waals surface area contributed by atoms with E-state index in [2.05, 4.69) is 25.7 Å². The molecule has 0 aromatic carbocycles. The fourth-order valence-electron chi connectivity index (χ4n) is 9.65. The molecule has 0 bridgehead atoms. The second kappa shape index (κ2) is 14.2. The van der Waals surface area contributed by atoms with Gasteiger partial charge in [-0.3, -0.25) is 39.0 Å². The summed E-state index contributed by atoms with van der Waals surface area (Å²) in [6.07, 6.45) is 15.4. The van der Waals surface area contributed by atoms with E-state index in [0.29, 0.717) is 38.9 Å². The number of nitrogens with zero attached hydrogens (tertiary/aromatic N) is 6. The molecule has 4 amide bonds. The molecule has 2 saturated carbocycles. The van der Waals surface area contributed by atoms with Gasteiger partial charge in [-0.25, -0.2) is 0 Å². The molecule has 48 heavy (non-hydrogen) atoms. The summed E-state index contributed by atoms with van der Waals surface area (Å²) in [5, 5.41) is 0. The molecule has 4 aliphatic heterocycles. The van der Waals surface area contributed by atoms with Gasteiger partial charge in [0.1, 0.15) is 11.7 Å². The van der Waals surface area contributed by atoms with Gasteiger partial charge >= 0.3 is 0 Å². The molecular weight excluding hydrogens is 604 g/mol. The van der Waals surface area contributed by atoms with E-state index in [1.54, 1.807) is 0 Å². The highest BCUT2D eigenvalue weighted by atomic mass is 16.2. The highest BCUT2D eigenvalue weighted by molar-refractivity contribution is 6.10. The van der Waals surface area contributed by atoms with Gasteiger partial charge in [0, 0.05) is 55.8 Å². The molecule has 0 aromatic rings. The van der Waals surface area contributed by atoms with Gasteiger partial charge in [-0.05, 0) is 85.5 Å². The predicted molar refractivity (Wildman–Crippen MR) is 188 cm³/mol. The van der Waals surface area contributed by atoms with E-state index in [9.17, 15) is 19.2 Å². The zero-order valence-electron chi connectivity index (χ0n) is 30.3. The van der Waals surface area contributed by atoms with Gasteiger partial charge in [-0.1, -0.05) is 39.0 Å². The summed E-state index contributed by atoms with van der Waals surface area (Å²) in [6.45, 7) is 11.7. The third-order valence-electron chi connectivity index (χ3n) is 12.2. The Morgan fingerprint density at radius 3 is 1.83 bits per heavy atom. The summed E-state index contributed by atoms with van der Waals surface area (Å²) in [5.74, 6) is 2.47. The molecule has 6 aliphatic rings. The van der Waals surface area contributed by atoms with E-state index in [-0.39, 0.29) is 53.6 Å². The van der Waals surface area contributed by atoms with Crippen LogP contribution in [0.2, 0.25) is 0 Å². The Morgan fingerprint density at radius 2 is 1.27 bits per heavy atom. The number of hydrogen-bond donors (Lipinski definition) is 0. The third-order valence-corrected chi connectivity index (χ3v) is 12.2. The lowest BCUT2D eigenvalue weighted by Crippen LogP contribution is -2.59. The number of rotatable bonds is 11. The van der Waals surface area contributed by atoms with Crippen LogP contribution in [0.4, 0.5) is 0 Å². The van der Waals surface area contributed by atoms with E-state index in [1.165, 1.54) is 0 Å². The van der Waals surface area contributed by atoms with Gasteiger partial charge in [0.2, 0.25) is 11.8 Å². The van der Waals surface area contributed by atoms with Crippen LogP contribution in [-0.2, 0) is 19.2 Å². The third kappa shape index (κ3) is 6.46. The van der Waals surface area contributed by atoms with Crippen molar-refractivity contribution in [1.82, 2.24) is 19.6 Å². The fourth-order valence-corrected chi connectivity index (χ4v) is 9.65. The van der Waals surface area contributed by atoms with Gasteiger partial charge < -0.3 is 9.80 Å². The SMILES string of the molecule is CCCC1=NC2(CCC(CCCCC3=NC4(CCN(C(=O)C5CCCC5)C4)C(=O)N3C(C)C)N(C(=O)C3CCCC3)C2)C(=O)N1C(C)C. The van der Waals surface area contributed by atoms with Crippen molar-refractivity contribution in [2.45, 2.75) is 173 Å². The smallest absolute Gasteiger partial charge is 0.258 e. The van der Waals surface area contributed by atoms with E-state index >= 15 is 0 Å². The van der Waals surface area contributed by atoms with E-state index in [0.717, 1.165) is 102 Å². The van der Waals surface area contributed by atoms with Crippen molar-refractivity contribution in [1.29, 1.82) is 0 Å². The monoisotopic (exact) mass is 664 g/mol. The van der Waals surface area contributed by atoms with Crippen molar-refractivity contribution in [3.63, 3.8) is 0 Å². The highest BCUT2D eigenvalue weighted by Crippen LogP contribution is 2.41. The maximum atomic E-state index is 14.0. The van der Waals surface area contributed by atoms with Gasteiger partial charge in [-0.2, -0.15) is 0 Å². The number of carbonyl (C=O) groups excluding carboxylic acids is 4. The van der Waals surface area contributed by atoms with Crippen molar-refractivity contribution >= 4 is 35.3 Å². The molecule has 3 unspecified atom stereocenters. The quantitative estimate of drug-likeness (QED) is 0.263. The first-order chi connectivity index (χ1) is 23.0. The highest BCUT2D eigenvalue weighted by Gasteiger charge is 2.55. The van der Waals surface area contributed by atoms with Crippen molar-refractivity contribution in [2.24, 2.45) is 21.8 Å². The van der Waals surface area contributed by atoms with E-state index < -0.39 is 11.1 Å². The summed E-state index contributed by atoms with van der Waals surface area (Å²) in [6, 6.07) is 0.157. The topological polar surface area (TPSA) is 106 Å². The molecule has 3 atom stereocenters. The molecule has 2 saturated heterocycles. The molecule has 2 spiro atoms. The Kier molecular flexibility index (Phi) is 10.4. The summed E-state index contributed by atoms with van der Waals surface area (Å²) < 4.78 is 0. The first kappa shape index (κ1) is 35.1. The van der Waals surface area contributed by atoms with Gasteiger partial charge in [0.25, 0.3) is 11.8 Å². The van der Waals surface area contributed by atoms with Gasteiger partial charge in [-0.15, -0.1) is 0 Å². The number of amidine groups is 2. The number of likely N-dealkylation sites (tertiary alicyclic amines) is 2. The van der Waals surface area contributed by atoms with Gasteiger partial charge in [0.05, 0.1) is 13.1 Å². The van der Waals surface area contributed by atoms with Crippen molar-refractivity contribution in [3.05, 3.63) is 0 Å². The minimum Gasteiger partial charge on any atom is -0.339 e. The minimum atomic E-state index is -0.848. The second-order valence-electron chi connectivity index (χ2n) is 16.3. The lowest BCUT2D eigenvalue weighted by Gasteiger charge is -2.44. The molecule has 0 N–H and O–H groups in total. The van der Waals surface area contributed by atoms with Crippen LogP contribution in [0.25, 0.3) is 0 Å². The number of carbonyl (C=O) groups is 4. The average molecular weight is 665 g/mol. The Bertz CT molecular complexity index is 1310. The van der Waals surface area contributed by atoms with E-state index in [4.69, 9.17) is 9.98 Å². The van der Waals surface area contributed by atoms with Crippen molar-refractivity contribution < 1.29 is 19.2 Å². The molecule has 10 nitrogen and oxygen atoms in total. The molecule has 0 aromatic heterocycles. The standard InChI is InChI=1S/C38H60N6O4/c1-6-13-31-39-37(35(47)43(31)26(2)3)21-20-30(42(25-37)34(46)29-16-9-10-17-29)18-11-12-19-32-40-38(36(48)44(32)27(4)5)22-23-41(24-38)33(45)28-14-7-8-15-28/h26-30H,6-25H2,1-5H3. The zero-order valence-corrected chi connectivity index (χ0v) is 30.3. The van der Waals surface area contributed by atoms with Crippen molar-refractivity contribution in [2.75, 3.05) is 19.6 Å². The number of piperidine rings is 1. The Balaban J connectivity index is 1.12. The molecule has 4 heterocycles. The fraction of sp³-hybridized carbons (Fsp3) is 0.842. The van der Waals surface area contributed by atoms with Crippen LogP contribution in [0, 0.1) is 11.8 Å². The largest absolute Gasteiger partial charge is 0.339 e. The van der Waals surface area contributed by atoms with Crippen LogP contribution in [0.3, 0.4) is 0 Å². The average Bonchev–Trinajstić information content (AvgIpc) is 3.89. The van der Waals surface area contributed by atoms with Crippen LogP contribution >= 0.6 is 0 Å². The number of amides is 4. The number of hydrogen-bond acceptors (Lipinski definition) is 6. The minimum absolute atomic E-state index is 0.0109. The molecule has 0 radical (unpaired) electrons. The molecule has 266 valence electrons. The van der Waals surface area contributed by atoms with Crippen LogP contribution in [-0.4, -0.2) is 104 Å². The number of aliphatic imine (C=N–C) groups is 2. The van der Waals surface area contributed by atoms with E-state index in [1.807, 2.05) is 28.5 Å². The van der Waals surface area contributed by atoms with Gasteiger partial charge in [0.15, 0.2) is 11.1 Å². The van der Waals surface area contributed by atoms with Crippen LogP contribution in [0.1, 0.15) is 144 Å². The first-order valence-corrected chi connectivity index (χ1v) is 19.4. The van der Waals surface area contributed by atoms with Crippen LogP contribution in [0.5, 0.6) is 0 Å². The zero-order chi connectivity index (χ0) is 34.2. The normalized spacial score (nSPS) is 30.0. The lowest BCUT2D eigenvalue weighted by atomic mass is 9.83. The number of unbranched alkanes of at least 4 members (excludes halogenated alkanes) is 1. The maximum absolute atomic E-state index is 14.0. The van der Waals surface area contributed by atoms with Crippen LogP contribution in [0.15, 0.2) is 9.98 Å². The molecular formula is C38H60N6O4. The Morgan fingerprint density at radius 1 is 0.729 bits per heavy atom. The summed E-state index contributed by atoms with van der Waals surface area (Å²) >= 11 is 0. The molecule has 4 fully saturated rings. The summed E-state index contributed by atoms with van der Waals surface area (Å²) in [7, 11) is 0.